The van der Waals surface area contributed by atoms with Gasteiger partial charge in [0.05, 0.1) is 13.1 Å². The quantitative estimate of drug-likeness (QED) is 0.302. The normalized spacial score (nSPS) is 11.1. The Balaban J connectivity index is 0.00000300. The van der Waals surface area contributed by atoms with E-state index in [0.717, 1.165) is 19.0 Å². The molecule has 0 aliphatic heterocycles. The molecule has 154 valence electrons. The molecule has 1 N–H and O–H groups in total. The predicted octanol–water partition coefficient (Wildman–Crippen LogP) is 3.85. The van der Waals surface area contributed by atoms with Gasteiger partial charge in [0.25, 0.3) is 0 Å². The lowest BCUT2D eigenvalue weighted by molar-refractivity contribution is 0.477. The summed E-state index contributed by atoms with van der Waals surface area (Å²) in [6.07, 6.45) is 3.29. The Morgan fingerprint density at radius 3 is 2.55 bits per heavy atom. The number of guanidine groups is 1. The summed E-state index contributed by atoms with van der Waals surface area (Å²) < 4.78 is 1.82. The zero-order valence-electron chi connectivity index (χ0n) is 17.2. The summed E-state index contributed by atoms with van der Waals surface area (Å²) in [4.78, 5) is 11.0. The van der Waals surface area contributed by atoms with Gasteiger partial charge < -0.3 is 10.2 Å². The minimum atomic E-state index is 0. The summed E-state index contributed by atoms with van der Waals surface area (Å²) in [5.74, 6) is 0.907. The molecule has 0 atom stereocenters. The molecule has 0 fully saturated rings. The number of rotatable bonds is 7. The lowest BCUT2D eigenvalue weighted by Crippen LogP contribution is -2.38. The number of hydrogen-bond acceptors (Lipinski definition) is 3. The van der Waals surface area contributed by atoms with Crippen molar-refractivity contribution < 1.29 is 0 Å². The molecule has 0 saturated carbocycles. The van der Waals surface area contributed by atoms with Crippen LogP contribution in [0.5, 0.6) is 0 Å². The van der Waals surface area contributed by atoms with Crippen LogP contribution in [0.15, 0.2) is 66.2 Å². The van der Waals surface area contributed by atoms with Gasteiger partial charge in [-0.15, -0.1) is 24.0 Å². The van der Waals surface area contributed by atoms with Crippen molar-refractivity contribution in [3.63, 3.8) is 0 Å². The highest BCUT2D eigenvalue weighted by atomic mass is 127. The molecule has 0 aliphatic rings. The van der Waals surface area contributed by atoms with Gasteiger partial charge >= 0.3 is 0 Å². The maximum atomic E-state index is 4.83. The fourth-order valence-electron chi connectivity index (χ4n) is 3.01. The predicted molar refractivity (Wildman–Crippen MR) is 128 cm³/mol. The van der Waals surface area contributed by atoms with E-state index in [1.165, 1.54) is 22.3 Å². The third kappa shape index (κ3) is 7.16. The SMILES string of the molecule is CCNC(=NCc1cccc(Cn2cncn2)c1)N(C)Cc1ccc(C)cc1.I. The molecular weight excluding hydrogens is 475 g/mol. The van der Waals surface area contributed by atoms with Gasteiger partial charge in [-0.3, -0.25) is 0 Å². The monoisotopic (exact) mass is 504 g/mol. The number of aryl methyl sites for hydroxylation is 1. The van der Waals surface area contributed by atoms with Crippen LogP contribution in [0.1, 0.15) is 29.2 Å². The first kappa shape index (κ1) is 22.9. The van der Waals surface area contributed by atoms with Crippen molar-refractivity contribution in [2.45, 2.75) is 33.5 Å². The van der Waals surface area contributed by atoms with Crippen LogP contribution in [0.4, 0.5) is 0 Å². The number of nitrogens with one attached hydrogen (secondary N) is 1. The smallest absolute Gasteiger partial charge is 0.194 e. The molecule has 29 heavy (non-hydrogen) atoms. The first-order valence-corrected chi connectivity index (χ1v) is 9.59. The Labute approximate surface area is 190 Å². The molecule has 0 unspecified atom stereocenters. The molecule has 3 aromatic rings. The zero-order chi connectivity index (χ0) is 19.8. The molecular formula is C22H29IN6. The van der Waals surface area contributed by atoms with Gasteiger partial charge in [0.1, 0.15) is 12.7 Å². The Bertz CT molecular complexity index is 890. The molecule has 2 aromatic carbocycles. The minimum absolute atomic E-state index is 0. The second-order valence-corrected chi connectivity index (χ2v) is 6.92. The van der Waals surface area contributed by atoms with E-state index >= 15 is 0 Å². The second-order valence-electron chi connectivity index (χ2n) is 6.92. The minimum Gasteiger partial charge on any atom is -0.357 e. The molecule has 0 amide bonds. The summed E-state index contributed by atoms with van der Waals surface area (Å²) >= 11 is 0. The van der Waals surface area contributed by atoms with Crippen LogP contribution < -0.4 is 5.32 Å². The third-order valence-electron chi connectivity index (χ3n) is 4.45. The van der Waals surface area contributed by atoms with E-state index < -0.39 is 0 Å². The van der Waals surface area contributed by atoms with Gasteiger partial charge in [-0.2, -0.15) is 5.10 Å². The number of aliphatic imine (C=N–C) groups is 1. The van der Waals surface area contributed by atoms with Crippen molar-refractivity contribution >= 4 is 29.9 Å². The van der Waals surface area contributed by atoms with Crippen LogP contribution in [-0.4, -0.2) is 39.2 Å². The summed E-state index contributed by atoms with van der Waals surface area (Å²) in [6, 6.07) is 17.1. The van der Waals surface area contributed by atoms with Crippen LogP contribution in [0.3, 0.4) is 0 Å². The maximum absolute atomic E-state index is 4.83. The van der Waals surface area contributed by atoms with Crippen molar-refractivity contribution in [1.29, 1.82) is 0 Å². The van der Waals surface area contributed by atoms with Crippen molar-refractivity contribution in [2.24, 2.45) is 4.99 Å². The number of benzene rings is 2. The first-order valence-electron chi connectivity index (χ1n) is 9.59. The average molecular weight is 504 g/mol. The van der Waals surface area contributed by atoms with E-state index in [4.69, 9.17) is 4.99 Å². The van der Waals surface area contributed by atoms with Crippen molar-refractivity contribution in [2.75, 3.05) is 13.6 Å². The molecule has 0 aliphatic carbocycles. The Kier molecular flexibility index (Phi) is 9.11. The van der Waals surface area contributed by atoms with E-state index in [1.807, 2.05) is 4.68 Å². The number of aromatic nitrogens is 3. The van der Waals surface area contributed by atoms with Crippen molar-refractivity contribution in [3.8, 4) is 0 Å². The van der Waals surface area contributed by atoms with Crippen molar-refractivity contribution in [1.82, 2.24) is 25.0 Å². The Morgan fingerprint density at radius 2 is 1.86 bits per heavy atom. The summed E-state index contributed by atoms with van der Waals surface area (Å²) in [6.45, 7) is 7.20. The number of halogens is 1. The van der Waals surface area contributed by atoms with E-state index in [-0.39, 0.29) is 24.0 Å². The Morgan fingerprint density at radius 1 is 1.10 bits per heavy atom. The van der Waals surface area contributed by atoms with E-state index in [9.17, 15) is 0 Å². The molecule has 0 radical (unpaired) electrons. The average Bonchev–Trinajstić information content (AvgIpc) is 3.20. The maximum Gasteiger partial charge on any atom is 0.194 e. The van der Waals surface area contributed by atoms with Crippen LogP contribution in [0, 0.1) is 6.92 Å². The van der Waals surface area contributed by atoms with Gasteiger partial charge in [0.2, 0.25) is 0 Å². The number of nitrogens with zero attached hydrogens (tertiary/aromatic N) is 5. The van der Waals surface area contributed by atoms with Gasteiger partial charge in [-0.05, 0) is 30.5 Å². The summed E-state index contributed by atoms with van der Waals surface area (Å²) in [5.41, 5.74) is 4.92. The van der Waals surface area contributed by atoms with E-state index in [1.54, 1.807) is 12.7 Å². The van der Waals surface area contributed by atoms with Gasteiger partial charge in [-0.1, -0.05) is 54.1 Å². The lowest BCUT2D eigenvalue weighted by Gasteiger charge is -2.22. The Hall–Kier alpha value is -2.42. The van der Waals surface area contributed by atoms with Crippen LogP contribution in [0.25, 0.3) is 0 Å². The highest BCUT2D eigenvalue weighted by molar-refractivity contribution is 14.0. The topological polar surface area (TPSA) is 58.3 Å². The highest BCUT2D eigenvalue weighted by Crippen LogP contribution is 2.10. The lowest BCUT2D eigenvalue weighted by atomic mass is 10.1. The fourth-order valence-corrected chi connectivity index (χ4v) is 3.01. The van der Waals surface area contributed by atoms with Crippen LogP contribution in [0.2, 0.25) is 0 Å². The number of hydrogen-bond donors (Lipinski definition) is 1. The van der Waals surface area contributed by atoms with Gasteiger partial charge in [0.15, 0.2) is 5.96 Å². The van der Waals surface area contributed by atoms with Crippen molar-refractivity contribution in [3.05, 3.63) is 83.4 Å². The molecule has 0 bridgehead atoms. The van der Waals surface area contributed by atoms with E-state index in [2.05, 4.69) is 89.7 Å². The molecule has 0 spiro atoms. The molecule has 6 nitrogen and oxygen atoms in total. The molecule has 1 heterocycles. The second kappa shape index (κ2) is 11.5. The standard InChI is InChI=1S/C22H28N6.HI/c1-4-24-22(27(3)14-19-10-8-18(2)9-11-19)25-13-20-6-5-7-21(12-20)15-28-17-23-16-26-28;/h5-12,16-17H,4,13-15H2,1-3H3,(H,24,25);1H. The van der Waals surface area contributed by atoms with Crippen LogP contribution >= 0.6 is 24.0 Å². The molecule has 0 saturated heterocycles. The first-order chi connectivity index (χ1) is 13.6. The van der Waals surface area contributed by atoms with Gasteiger partial charge in [0, 0.05) is 20.1 Å². The molecule has 3 rings (SSSR count). The third-order valence-corrected chi connectivity index (χ3v) is 4.45. The summed E-state index contributed by atoms with van der Waals surface area (Å²) in [5, 5.41) is 7.56. The highest BCUT2D eigenvalue weighted by Gasteiger charge is 2.07. The largest absolute Gasteiger partial charge is 0.357 e. The zero-order valence-corrected chi connectivity index (χ0v) is 19.6. The molecule has 7 heteroatoms. The fraction of sp³-hybridized carbons (Fsp3) is 0.318. The van der Waals surface area contributed by atoms with Crippen LogP contribution in [-0.2, 0) is 19.6 Å². The summed E-state index contributed by atoms with van der Waals surface area (Å²) in [7, 11) is 2.07. The van der Waals surface area contributed by atoms with Gasteiger partial charge in [-0.25, -0.2) is 14.7 Å². The van der Waals surface area contributed by atoms with E-state index in [0.29, 0.717) is 13.1 Å². The molecule has 1 aromatic heterocycles.